The number of hydrogen-bond acceptors (Lipinski definition) is 4. The van der Waals surface area contributed by atoms with Gasteiger partial charge in [-0.25, -0.2) is 4.98 Å². The second-order valence-corrected chi connectivity index (χ2v) is 7.41. The summed E-state index contributed by atoms with van der Waals surface area (Å²) in [6.07, 6.45) is 4.07. The van der Waals surface area contributed by atoms with Crippen molar-refractivity contribution < 1.29 is 5.11 Å². The van der Waals surface area contributed by atoms with Crippen LogP contribution in [0, 0.1) is 2.88 Å². The second kappa shape index (κ2) is 4.68. The van der Waals surface area contributed by atoms with Crippen molar-refractivity contribution in [1.82, 2.24) is 9.38 Å². The maximum Gasteiger partial charge on any atom is 0.193 e. The van der Waals surface area contributed by atoms with Crippen molar-refractivity contribution in [2.45, 2.75) is 12.5 Å². The van der Waals surface area contributed by atoms with Gasteiger partial charge in [-0.1, -0.05) is 0 Å². The van der Waals surface area contributed by atoms with E-state index in [9.17, 15) is 5.11 Å². The molecular formula is C11H9IN2OS2. The Morgan fingerprint density at radius 3 is 3.06 bits per heavy atom. The average Bonchev–Trinajstić information content (AvgIpc) is 2.92. The zero-order valence-corrected chi connectivity index (χ0v) is 12.5. The normalized spacial score (nSPS) is 13.3. The maximum atomic E-state index is 10.1. The van der Waals surface area contributed by atoms with Gasteiger partial charge in [0.25, 0.3) is 0 Å². The summed E-state index contributed by atoms with van der Waals surface area (Å²) < 4.78 is 3.19. The molecule has 6 heteroatoms. The van der Waals surface area contributed by atoms with E-state index in [2.05, 4.69) is 27.6 Å². The van der Waals surface area contributed by atoms with Crippen LogP contribution in [0.1, 0.15) is 17.4 Å². The third-order valence-corrected chi connectivity index (χ3v) is 5.10. The van der Waals surface area contributed by atoms with Gasteiger partial charge in [-0.3, -0.25) is 4.40 Å². The number of halogens is 1. The van der Waals surface area contributed by atoms with Crippen molar-refractivity contribution in [3.63, 3.8) is 0 Å². The number of aliphatic hydroxyl groups excluding tert-OH is 1. The number of nitrogens with zero attached hydrogens (tertiary/aromatic N) is 2. The molecule has 0 aliphatic rings. The Balaban J connectivity index is 1.80. The summed E-state index contributed by atoms with van der Waals surface area (Å²) in [5.41, 5.74) is 1.92. The first-order valence-corrected chi connectivity index (χ1v) is 7.89. The van der Waals surface area contributed by atoms with Gasteiger partial charge in [0.05, 0.1) is 14.7 Å². The number of imidazole rings is 1. The van der Waals surface area contributed by atoms with Crippen LogP contribution in [0.5, 0.6) is 0 Å². The zero-order valence-electron chi connectivity index (χ0n) is 8.71. The number of rotatable bonds is 3. The van der Waals surface area contributed by atoms with Crippen LogP contribution in [-0.2, 0) is 6.42 Å². The number of thiophene rings is 1. The highest BCUT2D eigenvalue weighted by Gasteiger charge is 2.13. The Labute approximate surface area is 120 Å². The van der Waals surface area contributed by atoms with Crippen LogP contribution in [0.25, 0.3) is 4.96 Å². The average molecular weight is 376 g/mol. The van der Waals surface area contributed by atoms with E-state index in [-0.39, 0.29) is 0 Å². The highest BCUT2D eigenvalue weighted by Crippen LogP contribution is 2.25. The first-order valence-electron chi connectivity index (χ1n) is 5.05. The fourth-order valence-electron chi connectivity index (χ4n) is 1.69. The molecule has 0 aromatic carbocycles. The van der Waals surface area contributed by atoms with Gasteiger partial charge in [-0.2, -0.15) is 0 Å². The molecule has 3 heterocycles. The van der Waals surface area contributed by atoms with Gasteiger partial charge in [0.1, 0.15) is 0 Å². The molecule has 3 nitrogen and oxygen atoms in total. The number of aromatic nitrogens is 2. The topological polar surface area (TPSA) is 37.5 Å². The Hall–Kier alpha value is -0.440. The molecule has 0 radical (unpaired) electrons. The number of thiazole rings is 1. The van der Waals surface area contributed by atoms with Gasteiger partial charge < -0.3 is 5.11 Å². The summed E-state index contributed by atoms with van der Waals surface area (Å²) >= 11 is 5.52. The Kier molecular flexibility index (Phi) is 3.20. The van der Waals surface area contributed by atoms with Gasteiger partial charge in [-0.05, 0) is 39.6 Å². The molecule has 0 aliphatic heterocycles. The van der Waals surface area contributed by atoms with E-state index < -0.39 is 6.10 Å². The van der Waals surface area contributed by atoms with Crippen molar-refractivity contribution >= 4 is 50.2 Å². The molecule has 0 spiro atoms. The Morgan fingerprint density at radius 1 is 1.47 bits per heavy atom. The molecule has 1 N–H and O–H groups in total. The van der Waals surface area contributed by atoms with Gasteiger partial charge in [0.15, 0.2) is 4.96 Å². The van der Waals surface area contributed by atoms with E-state index in [1.807, 2.05) is 33.6 Å². The maximum absolute atomic E-state index is 10.1. The van der Waals surface area contributed by atoms with E-state index in [4.69, 9.17) is 0 Å². The summed E-state index contributed by atoms with van der Waals surface area (Å²) in [4.78, 5) is 5.45. The van der Waals surface area contributed by atoms with Crippen LogP contribution in [0.2, 0.25) is 0 Å². The summed E-state index contributed by atoms with van der Waals surface area (Å²) in [5, 5.41) is 14.1. The second-order valence-electron chi connectivity index (χ2n) is 3.73. The number of aliphatic hydroxyl groups is 1. The van der Waals surface area contributed by atoms with Crippen molar-refractivity contribution in [2.24, 2.45) is 0 Å². The SMILES string of the molecule is OC(Cc1cn2ccsc2n1)c1csc(I)c1. The molecule has 0 saturated heterocycles. The monoisotopic (exact) mass is 376 g/mol. The van der Waals surface area contributed by atoms with Crippen molar-refractivity contribution in [2.75, 3.05) is 0 Å². The van der Waals surface area contributed by atoms with Crippen molar-refractivity contribution in [1.29, 1.82) is 0 Å². The molecule has 3 aromatic heterocycles. The van der Waals surface area contributed by atoms with Crippen LogP contribution in [-0.4, -0.2) is 14.5 Å². The molecule has 0 bridgehead atoms. The van der Waals surface area contributed by atoms with Gasteiger partial charge in [-0.15, -0.1) is 22.7 Å². The minimum absolute atomic E-state index is 0.459. The predicted molar refractivity (Wildman–Crippen MR) is 78.8 cm³/mol. The summed E-state index contributed by atoms with van der Waals surface area (Å²) in [5.74, 6) is 0. The number of fused-ring (bicyclic) bond motifs is 1. The molecule has 0 fully saturated rings. The van der Waals surface area contributed by atoms with E-state index in [0.29, 0.717) is 6.42 Å². The van der Waals surface area contributed by atoms with Crippen molar-refractivity contribution in [3.8, 4) is 0 Å². The smallest absolute Gasteiger partial charge is 0.193 e. The minimum Gasteiger partial charge on any atom is -0.388 e. The lowest BCUT2D eigenvalue weighted by Crippen LogP contribution is -2.00. The molecule has 88 valence electrons. The largest absolute Gasteiger partial charge is 0.388 e. The molecule has 0 amide bonds. The molecule has 1 atom stereocenters. The third-order valence-electron chi connectivity index (χ3n) is 2.52. The van der Waals surface area contributed by atoms with Crippen LogP contribution >= 0.6 is 45.3 Å². The molecule has 1 unspecified atom stereocenters. The molecule has 0 saturated carbocycles. The molecule has 0 aliphatic carbocycles. The highest BCUT2D eigenvalue weighted by molar-refractivity contribution is 14.1. The van der Waals surface area contributed by atoms with E-state index in [1.54, 1.807) is 22.7 Å². The molecular weight excluding hydrogens is 367 g/mol. The highest BCUT2D eigenvalue weighted by atomic mass is 127. The lowest BCUT2D eigenvalue weighted by Gasteiger charge is -2.05. The van der Waals surface area contributed by atoms with Gasteiger partial charge in [0.2, 0.25) is 0 Å². The summed E-state index contributed by atoms with van der Waals surface area (Å²) in [7, 11) is 0. The Morgan fingerprint density at radius 2 is 2.35 bits per heavy atom. The lowest BCUT2D eigenvalue weighted by atomic mass is 10.1. The first-order chi connectivity index (χ1) is 8.22. The van der Waals surface area contributed by atoms with Crippen LogP contribution < -0.4 is 0 Å². The van der Waals surface area contributed by atoms with Crippen LogP contribution in [0.4, 0.5) is 0 Å². The first kappa shape index (κ1) is 11.6. The molecule has 3 aromatic rings. The van der Waals surface area contributed by atoms with E-state index in [0.717, 1.165) is 16.2 Å². The third kappa shape index (κ3) is 2.40. The number of hydrogen-bond donors (Lipinski definition) is 1. The molecule has 3 rings (SSSR count). The van der Waals surface area contributed by atoms with E-state index in [1.165, 1.54) is 2.88 Å². The summed E-state index contributed by atoms with van der Waals surface area (Å²) in [6.45, 7) is 0. The van der Waals surface area contributed by atoms with Gasteiger partial charge >= 0.3 is 0 Å². The fraction of sp³-hybridized carbons (Fsp3) is 0.182. The molecule has 17 heavy (non-hydrogen) atoms. The standard InChI is InChI=1S/C11H9IN2OS2/c12-10-3-7(6-17-10)9(15)4-8-5-14-1-2-16-11(14)13-8/h1-3,5-6,9,15H,4H2. The van der Waals surface area contributed by atoms with Crippen molar-refractivity contribution in [3.05, 3.63) is 43.4 Å². The lowest BCUT2D eigenvalue weighted by molar-refractivity contribution is 0.178. The Bertz CT molecular complexity index is 614. The van der Waals surface area contributed by atoms with E-state index >= 15 is 0 Å². The summed E-state index contributed by atoms with van der Waals surface area (Å²) in [6, 6.07) is 2.02. The van der Waals surface area contributed by atoms with Gasteiger partial charge in [0, 0.05) is 24.2 Å². The predicted octanol–water partition coefficient (Wildman–Crippen LogP) is 3.34. The quantitative estimate of drug-likeness (QED) is 0.712. The fourth-order valence-corrected chi connectivity index (χ4v) is 3.83. The van der Waals surface area contributed by atoms with Crippen LogP contribution in [0.15, 0.2) is 29.2 Å². The minimum atomic E-state index is -0.459. The zero-order chi connectivity index (χ0) is 11.8. The van der Waals surface area contributed by atoms with Crippen LogP contribution in [0.3, 0.4) is 0 Å².